The minimum Gasteiger partial charge on any atom is -0.494 e. The average Bonchev–Trinajstić information content (AvgIpc) is 3.00. The Kier molecular flexibility index (Phi) is 3.44. The van der Waals surface area contributed by atoms with Crippen LogP contribution in [0.15, 0.2) is 24.3 Å². The predicted molar refractivity (Wildman–Crippen MR) is 75.1 cm³/mol. The average molecular weight is 245 g/mol. The van der Waals surface area contributed by atoms with E-state index in [2.05, 4.69) is 36.5 Å². The Morgan fingerprint density at radius 3 is 2.61 bits per heavy atom. The summed E-state index contributed by atoms with van der Waals surface area (Å²) in [5, 5.41) is 3.70. The predicted octanol–water partition coefficient (Wildman–Crippen LogP) is 4.08. The maximum absolute atomic E-state index is 5.60. The quantitative estimate of drug-likeness (QED) is 0.844. The molecule has 2 nitrogen and oxygen atoms in total. The summed E-state index contributed by atoms with van der Waals surface area (Å²) in [5.74, 6) is 2.90. The van der Waals surface area contributed by atoms with E-state index in [1.807, 2.05) is 0 Å². The van der Waals surface area contributed by atoms with Crippen LogP contribution in [-0.2, 0) is 0 Å². The van der Waals surface area contributed by atoms with Crippen molar-refractivity contribution in [3.8, 4) is 5.75 Å². The van der Waals surface area contributed by atoms with Crippen LogP contribution in [0.3, 0.4) is 0 Å². The van der Waals surface area contributed by atoms with E-state index in [-0.39, 0.29) is 0 Å². The number of fused-ring (bicyclic) bond motifs is 2. The molecular weight excluding hydrogens is 222 g/mol. The van der Waals surface area contributed by atoms with E-state index in [1.54, 1.807) is 0 Å². The van der Waals surface area contributed by atoms with E-state index < -0.39 is 0 Å². The lowest BCUT2D eigenvalue weighted by Gasteiger charge is -2.24. The third kappa shape index (κ3) is 2.47. The molecule has 2 saturated carbocycles. The van der Waals surface area contributed by atoms with Gasteiger partial charge in [-0.15, -0.1) is 0 Å². The summed E-state index contributed by atoms with van der Waals surface area (Å²) < 4.78 is 5.60. The molecule has 18 heavy (non-hydrogen) atoms. The van der Waals surface area contributed by atoms with Crippen molar-refractivity contribution in [3.63, 3.8) is 0 Å². The van der Waals surface area contributed by atoms with Gasteiger partial charge in [0.15, 0.2) is 0 Å². The summed E-state index contributed by atoms with van der Waals surface area (Å²) in [4.78, 5) is 0. The molecule has 2 heteroatoms. The minimum absolute atomic E-state index is 0.714. The topological polar surface area (TPSA) is 21.3 Å². The molecule has 3 unspecified atom stereocenters. The van der Waals surface area contributed by atoms with Crippen LogP contribution < -0.4 is 10.1 Å². The van der Waals surface area contributed by atoms with E-state index in [1.165, 1.54) is 31.4 Å². The third-order valence-corrected chi connectivity index (χ3v) is 4.42. The molecule has 2 bridgehead atoms. The van der Waals surface area contributed by atoms with E-state index >= 15 is 0 Å². The Hall–Kier alpha value is -1.18. The Balaban J connectivity index is 1.56. The van der Waals surface area contributed by atoms with E-state index in [0.29, 0.717) is 6.04 Å². The van der Waals surface area contributed by atoms with Crippen LogP contribution >= 0.6 is 0 Å². The van der Waals surface area contributed by atoms with Crippen LogP contribution in [0.25, 0.3) is 0 Å². The normalized spacial score (nSPS) is 29.5. The standard InChI is InChI=1S/C16H23NO/c1-2-9-18-15-7-5-14(6-8-15)17-16-11-12-3-4-13(16)10-12/h5-8,12-13,16-17H,2-4,9-11H2,1H3. The highest BCUT2D eigenvalue weighted by atomic mass is 16.5. The second-order valence-corrected chi connectivity index (χ2v) is 5.80. The molecule has 2 aliphatic rings. The van der Waals surface area contributed by atoms with Crippen molar-refractivity contribution >= 4 is 5.69 Å². The lowest BCUT2D eigenvalue weighted by Crippen LogP contribution is -2.25. The molecule has 0 saturated heterocycles. The van der Waals surface area contributed by atoms with Gasteiger partial charge in [0.2, 0.25) is 0 Å². The van der Waals surface area contributed by atoms with Crippen LogP contribution in [-0.4, -0.2) is 12.6 Å². The van der Waals surface area contributed by atoms with Crippen LogP contribution in [0.4, 0.5) is 5.69 Å². The fourth-order valence-corrected chi connectivity index (χ4v) is 3.50. The van der Waals surface area contributed by atoms with Gasteiger partial charge in [-0.05, 0) is 61.8 Å². The molecule has 0 spiro atoms. The highest BCUT2D eigenvalue weighted by Gasteiger charge is 2.39. The van der Waals surface area contributed by atoms with Gasteiger partial charge in [-0.2, -0.15) is 0 Å². The van der Waals surface area contributed by atoms with Crippen molar-refractivity contribution in [2.24, 2.45) is 11.8 Å². The van der Waals surface area contributed by atoms with Crippen molar-refractivity contribution in [1.82, 2.24) is 0 Å². The van der Waals surface area contributed by atoms with E-state index in [9.17, 15) is 0 Å². The van der Waals surface area contributed by atoms with Gasteiger partial charge < -0.3 is 10.1 Å². The SMILES string of the molecule is CCCOc1ccc(NC2CC3CCC2C3)cc1. The molecule has 1 aromatic rings. The van der Waals surface area contributed by atoms with Crippen molar-refractivity contribution in [1.29, 1.82) is 0 Å². The third-order valence-electron chi connectivity index (χ3n) is 4.42. The van der Waals surface area contributed by atoms with Crippen molar-refractivity contribution < 1.29 is 4.74 Å². The molecule has 1 N–H and O–H groups in total. The smallest absolute Gasteiger partial charge is 0.119 e. The van der Waals surface area contributed by atoms with Gasteiger partial charge in [0.1, 0.15) is 5.75 Å². The van der Waals surface area contributed by atoms with Gasteiger partial charge in [-0.1, -0.05) is 13.3 Å². The summed E-state index contributed by atoms with van der Waals surface area (Å²) >= 11 is 0. The number of anilines is 1. The Labute approximate surface area is 110 Å². The molecule has 0 aromatic heterocycles. The number of nitrogens with one attached hydrogen (secondary N) is 1. The number of hydrogen-bond donors (Lipinski definition) is 1. The summed E-state index contributed by atoms with van der Waals surface area (Å²) in [5.41, 5.74) is 1.25. The van der Waals surface area contributed by atoms with Gasteiger partial charge in [0.25, 0.3) is 0 Å². The highest BCUT2D eigenvalue weighted by molar-refractivity contribution is 5.47. The first-order chi connectivity index (χ1) is 8.85. The van der Waals surface area contributed by atoms with Crippen LogP contribution in [0.1, 0.15) is 39.0 Å². The number of hydrogen-bond acceptors (Lipinski definition) is 2. The molecule has 0 heterocycles. The molecule has 0 aliphatic heterocycles. The second kappa shape index (κ2) is 5.21. The lowest BCUT2D eigenvalue weighted by atomic mass is 9.95. The number of benzene rings is 1. The maximum atomic E-state index is 5.60. The van der Waals surface area contributed by atoms with Gasteiger partial charge in [0, 0.05) is 11.7 Å². The fraction of sp³-hybridized carbons (Fsp3) is 0.625. The maximum Gasteiger partial charge on any atom is 0.119 e. The second-order valence-electron chi connectivity index (χ2n) is 5.80. The molecule has 1 aromatic carbocycles. The minimum atomic E-state index is 0.714. The molecule has 3 atom stereocenters. The molecule has 2 aliphatic carbocycles. The van der Waals surface area contributed by atoms with Crippen LogP contribution in [0.5, 0.6) is 5.75 Å². The van der Waals surface area contributed by atoms with Crippen molar-refractivity contribution in [3.05, 3.63) is 24.3 Å². The summed E-state index contributed by atoms with van der Waals surface area (Å²) in [6.45, 7) is 2.93. The van der Waals surface area contributed by atoms with Crippen molar-refractivity contribution in [2.75, 3.05) is 11.9 Å². The van der Waals surface area contributed by atoms with Gasteiger partial charge in [0.05, 0.1) is 6.61 Å². The van der Waals surface area contributed by atoms with E-state index in [4.69, 9.17) is 4.74 Å². The Morgan fingerprint density at radius 1 is 1.17 bits per heavy atom. The first kappa shape index (κ1) is 11.9. The van der Waals surface area contributed by atoms with E-state index in [0.717, 1.165) is 30.6 Å². The van der Waals surface area contributed by atoms with Gasteiger partial charge in [-0.3, -0.25) is 0 Å². The monoisotopic (exact) mass is 245 g/mol. The Bertz CT molecular complexity index is 387. The largest absolute Gasteiger partial charge is 0.494 e. The molecule has 2 fully saturated rings. The molecular formula is C16H23NO. The molecule has 98 valence electrons. The summed E-state index contributed by atoms with van der Waals surface area (Å²) in [7, 11) is 0. The molecule has 0 radical (unpaired) electrons. The number of ether oxygens (including phenoxy) is 1. The first-order valence-corrected chi connectivity index (χ1v) is 7.34. The van der Waals surface area contributed by atoms with Crippen molar-refractivity contribution in [2.45, 2.75) is 45.1 Å². The zero-order valence-electron chi connectivity index (χ0n) is 11.2. The van der Waals surface area contributed by atoms with Crippen LogP contribution in [0, 0.1) is 11.8 Å². The van der Waals surface area contributed by atoms with Gasteiger partial charge in [-0.25, -0.2) is 0 Å². The lowest BCUT2D eigenvalue weighted by molar-refractivity contribution is 0.317. The van der Waals surface area contributed by atoms with Gasteiger partial charge >= 0.3 is 0 Å². The zero-order valence-corrected chi connectivity index (χ0v) is 11.2. The van der Waals surface area contributed by atoms with Crippen LogP contribution in [0.2, 0.25) is 0 Å². The number of rotatable bonds is 5. The molecule has 0 amide bonds. The first-order valence-electron chi connectivity index (χ1n) is 7.34. The highest BCUT2D eigenvalue weighted by Crippen LogP contribution is 2.45. The Morgan fingerprint density at radius 2 is 2.00 bits per heavy atom. The summed E-state index contributed by atoms with van der Waals surface area (Å²) in [6, 6.07) is 9.16. The summed E-state index contributed by atoms with van der Waals surface area (Å²) in [6.07, 6.45) is 6.78. The zero-order chi connectivity index (χ0) is 12.4. The molecule has 3 rings (SSSR count). The fourth-order valence-electron chi connectivity index (χ4n) is 3.50.